The van der Waals surface area contributed by atoms with Crippen molar-refractivity contribution >= 4 is 0 Å². The Kier molecular flexibility index (Phi) is 5.55. The van der Waals surface area contributed by atoms with Crippen LogP contribution in [0.4, 0.5) is 4.39 Å². The zero-order chi connectivity index (χ0) is 12.8. The van der Waals surface area contributed by atoms with Gasteiger partial charge in [-0.3, -0.25) is 4.90 Å². The maximum Gasteiger partial charge on any atom is 0.123 e. The molecule has 3 N–H and O–H groups in total. The highest BCUT2D eigenvalue weighted by Crippen LogP contribution is 2.15. The van der Waals surface area contributed by atoms with Crippen molar-refractivity contribution < 1.29 is 9.50 Å². The van der Waals surface area contributed by atoms with Crippen LogP contribution in [0.3, 0.4) is 0 Å². The molecule has 0 aliphatic rings. The highest BCUT2D eigenvalue weighted by atomic mass is 19.1. The average Bonchev–Trinajstić information content (AvgIpc) is 2.28. The van der Waals surface area contributed by atoms with Crippen LogP contribution in [-0.4, -0.2) is 29.2 Å². The van der Waals surface area contributed by atoms with E-state index in [9.17, 15) is 4.39 Å². The molecule has 1 aromatic rings. The van der Waals surface area contributed by atoms with Crippen molar-refractivity contribution in [2.45, 2.75) is 33.0 Å². The molecule has 0 aliphatic heterocycles. The summed E-state index contributed by atoms with van der Waals surface area (Å²) in [5.74, 6) is -0.245. The first-order chi connectivity index (χ1) is 8.08. The Labute approximate surface area is 102 Å². The Bertz CT molecular complexity index is 355. The van der Waals surface area contributed by atoms with E-state index in [1.807, 2.05) is 0 Å². The SMILES string of the molecule is CC(C)N(CCO)Cc1cc(F)ccc1CN. The van der Waals surface area contributed by atoms with Crippen LogP contribution >= 0.6 is 0 Å². The lowest BCUT2D eigenvalue weighted by Crippen LogP contribution is -2.33. The minimum Gasteiger partial charge on any atom is -0.395 e. The van der Waals surface area contributed by atoms with Gasteiger partial charge in [-0.1, -0.05) is 6.07 Å². The normalized spacial score (nSPS) is 11.5. The number of aliphatic hydroxyl groups is 1. The largest absolute Gasteiger partial charge is 0.395 e. The molecule has 0 spiro atoms. The smallest absolute Gasteiger partial charge is 0.123 e. The number of rotatable bonds is 6. The lowest BCUT2D eigenvalue weighted by atomic mass is 10.1. The quantitative estimate of drug-likeness (QED) is 0.792. The van der Waals surface area contributed by atoms with Crippen molar-refractivity contribution in [3.05, 3.63) is 35.1 Å². The van der Waals surface area contributed by atoms with E-state index in [2.05, 4.69) is 18.7 Å². The number of halogens is 1. The van der Waals surface area contributed by atoms with Crippen molar-refractivity contribution in [2.24, 2.45) is 5.73 Å². The second-order valence-electron chi connectivity index (χ2n) is 4.40. The molecular weight excluding hydrogens is 219 g/mol. The van der Waals surface area contributed by atoms with Crippen molar-refractivity contribution in [1.82, 2.24) is 4.90 Å². The fourth-order valence-corrected chi connectivity index (χ4v) is 1.81. The van der Waals surface area contributed by atoms with Gasteiger partial charge < -0.3 is 10.8 Å². The fraction of sp³-hybridized carbons (Fsp3) is 0.538. The van der Waals surface area contributed by atoms with E-state index in [1.165, 1.54) is 12.1 Å². The number of hydrogen-bond donors (Lipinski definition) is 2. The summed E-state index contributed by atoms with van der Waals surface area (Å²) in [6.45, 7) is 5.81. The number of nitrogens with two attached hydrogens (primary N) is 1. The van der Waals surface area contributed by atoms with Crippen LogP contribution in [0.2, 0.25) is 0 Å². The molecule has 0 bridgehead atoms. The Morgan fingerprint density at radius 3 is 2.59 bits per heavy atom. The van der Waals surface area contributed by atoms with E-state index < -0.39 is 0 Å². The summed E-state index contributed by atoms with van der Waals surface area (Å²) in [7, 11) is 0. The summed E-state index contributed by atoms with van der Waals surface area (Å²) < 4.78 is 13.2. The van der Waals surface area contributed by atoms with Gasteiger partial charge in [-0.05, 0) is 37.1 Å². The molecule has 0 aromatic heterocycles. The van der Waals surface area contributed by atoms with Gasteiger partial charge in [0, 0.05) is 25.7 Å². The van der Waals surface area contributed by atoms with E-state index in [1.54, 1.807) is 6.07 Å². The van der Waals surface area contributed by atoms with E-state index in [4.69, 9.17) is 10.8 Å². The topological polar surface area (TPSA) is 49.5 Å². The van der Waals surface area contributed by atoms with Gasteiger partial charge in [-0.15, -0.1) is 0 Å². The maximum atomic E-state index is 13.2. The third-order valence-corrected chi connectivity index (χ3v) is 2.88. The van der Waals surface area contributed by atoms with Gasteiger partial charge in [0.15, 0.2) is 0 Å². The summed E-state index contributed by atoms with van der Waals surface area (Å²) in [5.41, 5.74) is 7.49. The maximum absolute atomic E-state index is 13.2. The zero-order valence-electron chi connectivity index (χ0n) is 10.5. The Morgan fingerprint density at radius 2 is 2.06 bits per heavy atom. The molecule has 0 saturated heterocycles. The second-order valence-corrected chi connectivity index (χ2v) is 4.40. The molecular formula is C13H21FN2O. The molecule has 1 aromatic carbocycles. The first-order valence-electron chi connectivity index (χ1n) is 5.90. The van der Waals surface area contributed by atoms with Gasteiger partial charge in [-0.25, -0.2) is 4.39 Å². The van der Waals surface area contributed by atoms with Crippen LogP contribution in [0.1, 0.15) is 25.0 Å². The predicted molar refractivity (Wildman–Crippen MR) is 66.9 cm³/mol. The standard InChI is InChI=1S/C13H21FN2O/c1-10(2)16(5-6-17)9-12-7-13(14)4-3-11(12)8-15/h3-4,7,10,17H,5-6,8-9,15H2,1-2H3. The third kappa shape index (κ3) is 4.07. The van der Waals surface area contributed by atoms with Crippen molar-refractivity contribution in [2.75, 3.05) is 13.2 Å². The fourth-order valence-electron chi connectivity index (χ4n) is 1.81. The van der Waals surface area contributed by atoms with Crippen LogP contribution in [-0.2, 0) is 13.1 Å². The molecule has 17 heavy (non-hydrogen) atoms. The van der Waals surface area contributed by atoms with Gasteiger partial charge in [0.2, 0.25) is 0 Å². The predicted octanol–water partition coefficient (Wildman–Crippen LogP) is 1.49. The van der Waals surface area contributed by atoms with Crippen LogP contribution < -0.4 is 5.73 Å². The zero-order valence-corrected chi connectivity index (χ0v) is 10.5. The summed E-state index contributed by atoms with van der Waals surface area (Å²) in [6, 6.07) is 4.98. The highest BCUT2D eigenvalue weighted by Gasteiger charge is 2.12. The first kappa shape index (κ1) is 14.1. The van der Waals surface area contributed by atoms with Crippen molar-refractivity contribution in [1.29, 1.82) is 0 Å². The molecule has 0 amide bonds. The summed E-state index contributed by atoms with van der Waals surface area (Å²) in [6.07, 6.45) is 0. The minimum absolute atomic E-state index is 0.103. The van der Waals surface area contributed by atoms with Crippen molar-refractivity contribution in [3.63, 3.8) is 0 Å². The first-order valence-corrected chi connectivity index (χ1v) is 5.90. The molecule has 0 fully saturated rings. The Hall–Kier alpha value is -0.970. The van der Waals surface area contributed by atoms with E-state index in [0.29, 0.717) is 25.7 Å². The van der Waals surface area contributed by atoms with Gasteiger partial charge in [-0.2, -0.15) is 0 Å². The number of benzene rings is 1. The molecule has 1 rings (SSSR count). The van der Waals surface area contributed by atoms with Crippen LogP contribution in [0, 0.1) is 5.82 Å². The molecule has 4 heteroatoms. The Morgan fingerprint density at radius 1 is 1.35 bits per heavy atom. The monoisotopic (exact) mass is 240 g/mol. The van der Waals surface area contributed by atoms with E-state index >= 15 is 0 Å². The summed E-state index contributed by atoms with van der Waals surface area (Å²) >= 11 is 0. The molecule has 0 atom stereocenters. The summed E-state index contributed by atoms with van der Waals surface area (Å²) in [5, 5.41) is 9.00. The second kappa shape index (κ2) is 6.69. The summed E-state index contributed by atoms with van der Waals surface area (Å²) in [4.78, 5) is 2.09. The molecule has 3 nitrogen and oxygen atoms in total. The van der Waals surface area contributed by atoms with E-state index in [0.717, 1.165) is 11.1 Å². The molecule has 96 valence electrons. The van der Waals surface area contributed by atoms with Crippen LogP contribution in [0.25, 0.3) is 0 Å². The molecule has 0 saturated carbocycles. The average molecular weight is 240 g/mol. The molecule has 0 heterocycles. The molecule has 0 radical (unpaired) electrons. The number of aliphatic hydroxyl groups excluding tert-OH is 1. The molecule has 0 unspecified atom stereocenters. The number of nitrogens with zero attached hydrogens (tertiary/aromatic N) is 1. The minimum atomic E-state index is -0.245. The van der Waals surface area contributed by atoms with Gasteiger partial charge >= 0.3 is 0 Å². The van der Waals surface area contributed by atoms with Crippen molar-refractivity contribution in [3.8, 4) is 0 Å². The van der Waals surface area contributed by atoms with Gasteiger partial charge in [0.25, 0.3) is 0 Å². The van der Waals surface area contributed by atoms with E-state index in [-0.39, 0.29) is 12.4 Å². The molecule has 0 aliphatic carbocycles. The van der Waals surface area contributed by atoms with Crippen LogP contribution in [0.15, 0.2) is 18.2 Å². The van der Waals surface area contributed by atoms with Gasteiger partial charge in [0.1, 0.15) is 5.82 Å². The lowest BCUT2D eigenvalue weighted by molar-refractivity contribution is 0.159. The van der Waals surface area contributed by atoms with Gasteiger partial charge in [0.05, 0.1) is 6.61 Å². The lowest BCUT2D eigenvalue weighted by Gasteiger charge is -2.26. The van der Waals surface area contributed by atoms with Crippen LogP contribution in [0.5, 0.6) is 0 Å². The third-order valence-electron chi connectivity index (χ3n) is 2.88. The Balaban J connectivity index is 2.87. The highest BCUT2D eigenvalue weighted by molar-refractivity contribution is 5.27. The number of hydrogen-bond acceptors (Lipinski definition) is 3.